The van der Waals surface area contributed by atoms with E-state index in [2.05, 4.69) is 5.32 Å². The summed E-state index contributed by atoms with van der Waals surface area (Å²) in [5.41, 5.74) is 0.777. The predicted octanol–water partition coefficient (Wildman–Crippen LogP) is 2.55. The Morgan fingerprint density at radius 1 is 1.16 bits per heavy atom. The topological polar surface area (TPSA) is 92.1 Å². The zero-order valence-corrected chi connectivity index (χ0v) is 17.8. The van der Waals surface area contributed by atoms with Crippen molar-refractivity contribution in [3.05, 3.63) is 53.5 Å². The molecule has 1 aromatic carbocycles. The number of rotatable bonds is 6. The van der Waals surface area contributed by atoms with Gasteiger partial charge in [-0.15, -0.1) is 0 Å². The van der Waals surface area contributed by atoms with Crippen LogP contribution in [0.2, 0.25) is 0 Å². The average molecular weight is 425 g/mol. The number of anilines is 1. The second-order valence-corrected chi connectivity index (χ2v) is 8.18. The molecule has 4 rings (SSSR count). The SMILES string of the molecule is COCCN1CCC2(CCN(C(=O)c3ccccc3NC(=O)c3ccoc3C)C2)C1=O. The first-order valence-corrected chi connectivity index (χ1v) is 10.5. The minimum absolute atomic E-state index is 0.108. The van der Waals surface area contributed by atoms with Crippen LogP contribution in [0.15, 0.2) is 41.0 Å². The van der Waals surface area contributed by atoms with E-state index in [0.717, 1.165) is 6.42 Å². The molecule has 0 saturated carbocycles. The van der Waals surface area contributed by atoms with Crippen molar-refractivity contribution in [1.82, 2.24) is 9.80 Å². The monoisotopic (exact) mass is 425 g/mol. The quantitative estimate of drug-likeness (QED) is 0.768. The van der Waals surface area contributed by atoms with E-state index < -0.39 is 5.41 Å². The Balaban J connectivity index is 1.48. The number of carbonyl (C=O) groups excluding carboxylic acids is 3. The van der Waals surface area contributed by atoms with Gasteiger partial charge in [-0.1, -0.05) is 12.1 Å². The maximum Gasteiger partial charge on any atom is 0.259 e. The van der Waals surface area contributed by atoms with Crippen molar-refractivity contribution in [3.63, 3.8) is 0 Å². The lowest BCUT2D eigenvalue weighted by Gasteiger charge is -2.24. The zero-order valence-electron chi connectivity index (χ0n) is 17.8. The molecule has 2 aliphatic rings. The Kier molecular flexibility index (Phi) is 5.82. The highest BCUT2D eigenvalue weighted by molar-refractivity contribution is 6.09. The van der Waals surface area contributed by atoms with Crippen LogP contribution in [-0.4, -0.2) is 67.4 Å². The van der Waals surface area contributed by atoms with Gasteiger partial charge in [0.05, 0.1) is 35.1 Å². The highest BCUT2D eigenvalue weighted by atomic mass is 16.5. The fourth-order valence-corrected chi connectivity index (χ4v) is 4.49. The van der Waals surface area contributed by atoms with Crippen molar-refractivity contribution in [3.8, 4) is 0 Å². The smallest absolute Gasteiger partial charge is 0.259 e. The third-order valence-corrected chi connectivity index (χ3v) is 6.32. The van der Waals surface area contributed by atoms with Gasteiger partial charge in [-0.3, -0.25) is 14.4 Å². The number of hydrogen-bond acceptors (Lipinski definition) is 5. The number of nitrogens with one attached hydrogen (secondary N) is 1. The Bertz CT molecular complexity index is 1000. The first-order valence-electron chi connectivity index (χ1n) is 10.5. The van der Waals surface area contributed by atoms with Crippen LogP contribution in [-0.2, 0) is 9.53 Å². The van der Waals surface area contributed by atoms with E-state index in [1.165, 1.54) is 6.26 Å². The molecule has 1 unspecified atom stereocenters. The van der Waals surface area contributed by atoms with Gasteiger partial charge >= 0.3 is 0 Å². The van der Waals surface area contributed by atoms with Crippen molar-refractivity contribution >= 4 is 23.4 Å². The second kappa shape index (κ2) is 8.55. The molecule has 3 heterocycles. The highest BCUT2D eigenvalue weighted by Crippen LogP contribution is 2.41. The number of benzene rings is 1. The summed E-state index contributed by atoms with van der Waals surface area (Å²) in [6, 6.07) is 8.55. The third kappa shape index (κ3) is 3.95. The van der Waals surface area contributed by atoms with Crippen molar-refractivity contribution in [2.45, 2.75) is 19.8 Å². The van der Waals surface area contributed by atoms with E-state index in [0.29, 0.717) is 61.8 Å². The molecule has 8 nitrogen and oxygen atoms in total. The van der Waals surface area contributed by atoms with E-state index in [9.17, 15) is 14.4 Å². The van der Waals surface area contributed by atoms with Gasteiger partial charge in [0.2, 0.25) is 5.91 Å². The molecule has 8 heteroatoms. The summed E-state index contributed by atoms with van der Waals surface area (Å²) in [7, 11) is 1.62. The van der Waals surface area contributed by atoms with Gasteiger partial charge in [-0.2, -0.15) is 0 Å². The molecule has 1 spiro atoms. The lowest BCUT2D eigenvalue weighted by molar-refractivity contribution is -0.135. The summed E-state index contributed by atoms with van der Waals surface area (Å²) in [4.78, 5) is 42.5. The number of aryl methyl sites for hydroxylation is 1. The molecule has 1 atom stereocenters. The van der Waals surface area contributed by atoms with Crippen molar-refractivity contribution in [1.29, 1.82) is 0 Å². The van der Waals surface area contributed by atoms with Gasteiger partial charge in [0.1, 0.15) is 5.76 Å². The van der Waals surface area contributed by atoms with Crippen LogP contribution in [0.1, 0.15) is 39.3 Å². The zero-order chi connectivity index (χ0) is 22.0. The maximum absolute atomic E-state index is 13.3. The summed E-state index contributed by atoms with van der Waals surface area (Å²) >= 11 is 0. The Morgan fingerprint density at radius 2 is 1.94 bits per heavy atom. The Morgan fingerprint density at radius 3 is 2.68 bits per heavy atom. The summed E-state index contributed by atoms with van der Waals surface area (Å²) in [5, 5.41) is 2.82. The van der Waals surface area contributed by atoms with E-state index in [1.54, 1.807) is 49.3 Å². The minimum atomic E-state index is -0.504. The van der Waals surface area contributed by atoms with Gasteiger partial charge in [-0.05, 0) is 38.0 Å². The summed E-state index contributed by atoms with van der Waals surface area (Å²) in [5.74, 6) is 0.112. The number of likely N-dealkylation sites (tertiary alicyclic amines) is 2. The summed E-state index contributed by atoms with van der Waals surface area (Å²) < 4.78 is 10.3. The Hall–Kier alpha value is -3.13. The fourth-order valence-electron chi connectivity index (χ4n) is 4.49. The van der Waals surface area contributed by atoms with Gasteiger partial charge in [0, 0.05) is 33.3 Å². The second-order valence-electron chi connectivity index (χ2n) is 8.18. The average Bonchev–Trinajstić information content (AvgIpc) is 3.47. The normalized spacial score (nSPS) is 20.6. The van der Waals surface area contributed by atoms with Gasteiger partial charge in [-0.25, -0.2) is 0 Å². The van der Waals surface area contributed by atoms with Crippen LogP contribution in [0, 0.1) is 12.3 Å². The number of carbonyl (C=O) groups is 3. The van der Waals surface area contributed by atoms with Crippen LogP contribution in [0.25, 0.3) is 0 Å². The molecule has 3 amide bonds. The molecule has 0 radical (unpaired) electrons. The number of hydrogen-bond donors (Lipinski definition) is 1. The molecule has 2 saturated heterocycles. The number of amides is 3. The number of nitrogens with zero attached hydrogens (tertiary/aromatic N) is 2. The van der Waals surface area contributed by atoms with E-state index in [4.69, 9.17) is 9.15 Å². The van der Waals surface area contributed by atoms with Gasteiger partial charge in [0.25, 0.3) is 11.8 Å². The van der Waals surface area contributed by atoms with Crippen molar-refractivity contribution in [2.75, 3.05) is 45.2 Å². The summed E-state index contributed by atoms with van der Waals surface area (Å²) in [6.45, 7) is 4.41. The number of ether oxygens (including phenoxy) is 1. The van der Waals surface area contributed by atoms with E-state index in [-0.39, 0.29) is 17.7 Å². The van der Waals surface area contributed by atoms with Crippen molar-refractivity contribution in [2.24, 2.45) is 5.41 Å². The molecule has 31 heavy (non-hydrogen) atoms. The van der Waals surface area contributed by atoms with Crippen molar-refractivity contribution < 1.29 is 23.5 Å². The molecule has 2 aromatic rings. The molecule has 1 N–H and O–H groups in total. The standard InChI is InChI=1S/C23H27N3O5/c1-16-17(7-13-31-16)20(27)24-19-6-4-3-5-18(19)21(28)26-11-9-23(15-26)8-10-25(22(23)29)12-14-30-2/h3-7,13H,8-12,14-15H2,1-2H3,(H,24,27). The van der Waals surface area contributed by atoms with Gasteiger partial charge < -0.3 is 24.3 Å². The molecule has 164 valence electrons. The molecule has 1 aromatic heterocycles. The first-order chi connectivity index (χ1) is 14.9. The van der Waals surface area contributed by atoms with E-state index in [1.807, 2.05) is 4.90 Å². The number of furan rings is 1. The highest BCUT2D eigenvalue weighted by Gasteiger charge is 2.51. The molecular formula is C23H27N3O5. The first kappa shape index (κ1) is 21.1. The Labute approximate surface area is 181 Å². The van der Waals surface area contributed by atoms with Crippen LogP contribution in [0.5, 0.6) is 0 Å². The molecular weight excluding hydrogens is 398 g/mol. The number of para-hydroxylation sites is 1. The van der Waals surface area contributed by atoms with Crippen LogP contribution >= 0.6 is 0 Å². The molecule has 0 bridgehead atoms. The molecule has 0 aliphatic carbocycles. The van der Waals surface area contributed by atoms with Crippen LogP contribution in [0.4, 0.5) is 5.69 Å². The van der Waals surface area contributed by atoms with Gasteiger partial charge in [0.15, 0.2) is 0 Å². The van der Waals surface area contributed by atoms with E-state index >= 15 is 0 Å². The molecule has 2 aliphatic heterocycles. The maximum atomic E-state index is 13.3. The van der Waals surface area contributed by atoms with Crippen LogP contribution in [0.3, 0.4) is 0 Å². The fraction of sp³-hybridized carbons (Fsp3) is 0.435. The van der Waals surface area contributed by atoms with Crippen LogP contribution < -0.4 is 5.32 Å². The lowest BCUT2D eigenvalue weighted by atomic mass is 9.85. The minimum Gasteiger partial charge on any atom is -0.469 e. The molecule has 2 fully saturated rings. The largest absolute Gasteiger partial charge is 0.469 e. The summed E-state index contributed by atoms with van der Waals surface area (Å²) in [6.07, 6.45) is 2.86. The lowest BCUT2D eigenvalue weighted by Crippen LogP contribution is -2.39. The predicted molar refractivity (Wildman–Crippen MR) is 114 cm³/mol. The number of methoxy groups -OCH3 is 1. The third-order valence-electron chi connectivity index (χ3n) is 6.32.